The summed E-state index contributed by atoms with van der Waals surface area (Å²) in [5, 5.41) is 7.85. The second-order valence-electron chi connectivity index (χ2n) is 9.00. The Kier molecular flexibility index (Phi) is 6.22. The van der Waals surface area contributed by atoms with Crippen molar-refractivity contribution >= 4 is 43.9 Å². The van der Waals surface area contributed by atoms with Crippen molar-refractivity contribution in [1.29, 1.82) is 0 Å². The fourth-order valence-electron chi connectivity index (χ4n) is 4.58. The Morgan fingerprint density at radius 1 is 1.03 bits per heavy atom. The lowest BCUT2D eigenvalue weighted by Crippen LogP contribution is -2.33. The molecule has 1 N–H and O–H groups in total. The van der Waals surface area contributed by atoms with Crippen LogP contribution in [0.4, 0.5) is 5.69 Å². The van der Waals surface area contributed by atoms with Gasteiger partial charge in [-0.05, 0) is 46.4 Å². The third-order valence-electron chi connectivity index (χ3n) is 6.45. The molecule has 0 radical (unpaired) electrons. The number of amides is 1. The number of hydrogen-bond donors (Lipinski definition) is 1. The number of benzene rings is 3. The van der Waals surface area contributed by atoms with Crippen LogP contribution >= 0.6 is 11.3 Å². The van der Waals surface area contributed by atoms with E-state index in [2.05, 4.69) is 48.4 Å². The summed E-state index contributed by atoms with van der Waals surface area (Å²) >= 11 is 1.45. The number of thiophene rings is 1. The van der Waals surface area contributed by atoms with E-state index >= 15 is 0 Å². The molecule has 0 saturated heterocycles. The van der Waals surface area contributed by atoms with E-state index in [-0.39, 0.29) is 17.4 Å². The van der Waals surface area contributed by atoms with Gasteiger partial charge in [0.1, 0.15) is 10.9 Å². The van der Waals surface area contributed by atoms with Crippen LogP contribution < -0.4 is 10.9 Å². The molecule has 0 bridgehead atoms. The van der Waals surface area contributed by atoms with Crippen LogP contribution in [0.2, 0.25) is 0 Å². The molecule has 5 aromatic rings. The highest BCUT2D eigenvalue weighted by molar-refractivity contribution is 7.17. The van der Waals surface area contributed by atoms with Gasteiger partial charge in [0, 0.05) is 16.6 Å². The van der Waals surface area contributed by atoms with E-state index < -0.39 is 6.04 Å². The molecule has 176 valence electrons. The summed E-state index contributed by atoms with van der Waals surface area (Å²) < 4.78 is 1.48. The number of para-hydroxylation sites is 1. The molecular weight excluding hydrogens is 454 g/mol. The average Bonchev–Trinajstić information content (AvgIpc) is 3.31. The fraction of sp³-hybridized carbons (Fsp3) is 0.207. The lowest BCUT2D eigenvalue weighted by molar-refractivity contribution is -0.119. The minimum absolute atomic E-state index is 0.196. The Hall–Kier alpha value is -3.77. The lowest BCUT2D eigenvalue weighted by atomic mass is 10.0. The third-order valence-corrected chi connectivity index (χ3v) is 7.33. The van der Waals surface area contributed by atoms with Gasteiger partial charge in [-0.3, -0.25) is 14.2 Å². The SMILES string of the molecule is CCC(C(=O)Nc1ccccc1C(C)C)n1cnc2scc(-c3ccc4ccccc4c3)c2c1=O. The zero-order valence-electron chi connectivity index (χ0n) is 20.0. The topological polar surface area (TPSA) is 64.0 Å². The minimum atomic E-state index is -0.663. The highest BCUT2D eigenvalue weighted by Gasteiger charge is 2.23. The first-order valence-electron chi connectivity index (χ1n) is 11.8. The van der Waals surface area contributed by atoms with Crippen LogP contribution in [0.5, 0.6) is 0 Å². The number of fused-ring (bicyclic) bond motifs is 2. The maximum absolute atomic E-state index is 13.7. The average molecular weight is 482 g/mol. The van der Waals surface area contributed by atoms with Crippen molar-refractivity contribution in [3.05, 3.63) is 94.4 Å². The summed E-state index contributed by atoms with van der Waals surface area (Å²) in [4.78, 5) is 32.3. The van der Waals surface area contributed by atoms with E-state index in [1.165, 1.54) is 22.2 Å². The number of anilines is 1. The van der Waals surface area contributed by atoms with Gasteiger partial charge in [-0.15, -0.1) is 11.3 Å². The summed E-state index contributed by atoms with van der Waals surface area (Å²) in [6.45, 7) is 6.10. The van der Waals surface area contributed by atoms with E-state index in [1.54, 1.807) is 0 Å². The molecule has 0 aliphatic carbocycles. The van der Waals surface area contributed by atoms with E-state index in [4.69, 9.17) is 0 Å². The van der Waals surface area contributed by atoms with Crippen LogP contribution in [0, 0.1) is 0 Å². The van der Waals surface area contributed by atoms with Crippen molar-refractivity contribution in [1.82, 2.24) is 9.55 Å². The third kappa shape index (κ3) is 4.26. The number of aromatic nitrogens is 2. The van der Waals surface area contributed by atoms with Crippen LogP contribution in [-0.4, -0.2) is 15.5 Å². The molecule has 0 spiro atoms. The van der Waals surface area contributed by atoms with Crippen molar-refractivity contribution in [2.75, 3.05) is 5.32 Å². The predicted molar refractivity (Wildman–Crippen MR) is 145 cm³/mol. The first-order valence-corrected chi connectivity index (χ1v) is 12.7. The standard InChI is InChI=1S/C29H27N3O2S/c1-4-25(27(33)31-24-12-8-7-11-22(24)18(2)3)32-17-30-28-26(29(32)34)23(16-35-28)21-14-13-19-9-5-6-10-20(19)15-21/h5-18,25H,4H2,1-3H3,(H,31,33). The summed E-state index contributed by atoms with van der Waals surface area (Å²) in [6.07, 6.45) is 1.98. The predicted octanol–water partition coefficient (Wildman–Crippen LogP) is 6.99. The van der Waals surface area contributed by atoms with Gasteiger partial charge in [0.25, 0.3) is 5.56 Å². The monoisotopic (exact) mass is 481 g/mol. The van der Waals surface area contributed by atoms with Crippen LogP contribution in [-0.2, 0) is 4.79 Å². The Labute approximate surface area is 208 Å². The van der Waals surface area contributed by atoms with Crippen molar-refractivity contribution in [2.45, 2.75) is 39.2 Å². The molecule has 1 atom stereocenters. The van der Waals surface area contributed by atoms with E-state index in [9.17, 15) is 9.59 Å². The van der Waals surface area contributed by atoms with E-state index in [0.717, 1.165) is 33.2 Å². The Bertz CT molecular complexity index is 1600. The zero-order chi connectivity index (χ0) is 24.5. The van der Waals surface area contributed by atoms with Crippen molar-refractivity contribution < 1.29 is 4.79 Å². The van der Waals surface area contributed by atoms with Crippen LogP contribution in [0.1, 0.15) is 44.7 Å². The van der Waals surface area contributed by atoms with Gasteiger partial charge in [-0.1, -0.05) is 75.4 Å². The summed E-state index contributed by atoms with van der Waals surface area (Å²) in [7, 11) is 0. The smallest absolute Gasteiger partial charge is 0.263 e. The minimum Gasteiger partial charge on any atom is -0.324 e. The summed E-state index contributed by atoms with van der Waals surface area (Å²) in [5.74, 6) is 0.0500. The summed E-state index contributed by atoms with van der Waals surface area (Å²) in [6, 6.07) is 21.5. The molecular formula is C29H27N3O2S. The van der Waals surface area contributed by atoms with Crippen LogP contribution in [0.25, 0.3) is 32.1 Å². The molecule has 1 unspecified atom stereocenters. The second-order valence-corrected chi connectivity index (χ2v) is 9.86. The van der Waals surface area contributed by atoms with Gasteiger partial charge in [0.05, 0.1) is 11.7 Å². The molecule has 0 saturated carbocycles. The molecule has 2 heterocycles. The number of hydrogen-bond acceptors (Lipinski definition) is 4. The maximum atomic E-state index is 13.7. The zero-order valence-corrected chi connectivity index (χ0v) is 20.8. The molecule has 3 aromatic carbocycles. The van der Waals surface area contributed by atoms with Crippen molar-refractivity contribution in [2.24, 2.45) is 0 Å². The number of carbonyl (C=O) groups excluding carboxylic acids is 1. The largest absolute Gasteiger partial charge is 0.324 e. The molecule has 1 amide bonds. The molecule has 0 fully saturated rings. The maximum Gasteiger partial charge on any atom is 0.263 e. The van der Waals surface area contributed by atoms with E-state index in [0.29, 0.717) is 16.6 Å². The lowest BCUT2D eigenvalue weighted by Gasteiger charge is -2.20. The molecule has 5 rings (SSSR count). The van der Waals surface area contributed by atoms with Gasteiger partial charge in [0.15, 0.2) is 0 Å². The van der Waals surface area contributed by atoms with Gasteiger partial charge in [-0.25, -0.2) is 4.98 Å². The molecule has 5 nitrogen and oxygen atoms in total. The Morgan fingerprint density at radius 2 is 1.77 bits per heavy atom. The molecule has 0 aliphatic heterocycles. The highest BCUT2D eigenvalue weighted by Crippen LogP contribution is 2.33. The number of carbonyl (C=O) groups is 1. The number of nitrogens with zero attached hydrogens (tertiary/aromatic N) is 2. The van der Waals surface area contributed by atoms with Gasteiger partial charge < -0.3 is 5.32 Å². The molecule has 2 aromatic heterocycles. The van der Waals surface area contributed by atoms with Crippen molar-refractivity contribution in [3.8, 4) is 11.1 Å². The highest BCUT2D eigenvalue weighted by atomic mass is 32.1. The Morgan fingerprint density at radius 3 is 2.54 bits per heavy atom. The molecule has 0 aliphatic rings. The van der Waals surface area contributed by atoms with Crippen molar-refractivity contribution in [3.63, 3.8) is 0 Å². The Balaban J connectivity index is 1.55. The first kappa shape index (κ1) is 23.0. The first-order chi connectivity index (χ1) is 17.0. The summed E-state index contributed by atoms with van der Waals surface area (Å²) in [5.41, 5.74) is 3.46. The second kappa shape index (κ2) is 9.47. The van der Waals surface area contributed by atoms with Crippen LogP contribution in [0.3, 0.4) is 0 Å². The quantitative estimate of drug-likeness (QED) is 0.284. The number of rotatable bonds is 6. The normalized spacial score (nSPS) is 12.3. The van der Waals surface area contributed by atoms with Gasteiger partial charge in [-0.2, -0.15) is 0 Å². The van der Waals surface area contributed by atoms with Crippen LogP contribution in [0.15, 0.2) is 83.2 Å². The molecule has 35 heavy (non-hydrogen) atoms. The van der Waals surface area contributed by atoms with Gasteiger partial charge in [0.2, 0.25) is 5.91 Å². The van der Waals surface area contributed by atoms with E-state index in [1.807, 2.05) is 54.8 Å². The van der Waals surface area contributed by atoms with Gasteiger partial charge >= 0.3 is 0 Å². The number of nitrogens with one attached hydrogen (secondary N) is 1. The fourth-order valence-corrected chi connectivity index (χ4v) is 5.48. The molecule has 6 heteroatoms.